The Morgan fingerprint density at radius 3 is 2.04 bits per heavy atom. The second-order valence-electron chi connectivity index (χ2n) is 9.54. The number of halogens is 2. The maximum atomic E-state index is 14.8. The molecule has 4 aliphatic rings. The molecular weight excluding hydrogens is 302 g/mol. The van der Waals surface area contributed by atoms with Crippen molar-refractivity contribution in [2.45, 2.75) is 116 Å². The number of hydrogen-bond acceptors (Lipinski definition) is 0. The summed E-state index contributed by atoms with van der Waals surface area (Å²) in [6.45, 7) is 4.45. The molecule has 0 N–H and O–H groups in total. The third kappa shape index (κ3) is 3.54. The Bertz CT molecular complexity index is 390. The molecule has 4 aliphatic carbocycles. The van der Waals surface area contributed by atoms with Crippen LogP contribution < -0.4 is 0 Å². The third-order valence-electron chi connectivity index (χ3n) is 8.24. The molecule has 4 rings (SSSR count). The normalized spacial score (nSPS) is 41.5. The van der Waals surface area contributed by atoms with Gasteiger partial charge in [-0.2, -0.15) is 0 Å². The number of unbranched alkanes of at least 4 members (excludes halogenated alkanes) is 2. The van der Waals surface area contributed by atoms with E-state index >= 15 is 0 Å². The molecule has 2 heteroatoms. The first-order valence-corrected chi connectivity index (χ1v) is 10.8. The average molecular weight is 341 g/mol. The molecule has 24 heavy (non-hydrogen) atoms. The molecule has 4 fully saturated rings. The molecule has 2 atom stereocenters. The van der Waals surface area contributed by atoms with E-state index in [0.717, 1.165) is 38.5 Å². The highest BCUT2D eigenvalue weighted by Crippen LogP contribution is 2.64. The lowest BCUT2D eigenvalue weighted by Gasteiger charge is -2.58. The molecule has 0 heterocycles. The van der Waals surface area contributed by atoms with E-state index in [2.05, 4.69) is 13.8 Å². The van der Waals surface area contributed by atoms with Crippen molar-refractivity contribution in [3.05, 3.63) is 0 Å². The minimum Gasteiger partial charge on any atom is -0.207 e. The van der Waals surface area contributed by atoms with Crippen molar-refractivity contribution in [3.63, 3.8) is 0 Å². The smallest absolute Gasteiger partial charge is 0.207 e. The zero-order valence-electron chi connectivity index (χ0n) is 16.0. The monoisotopic (exact) mass is 340 g/mol. The van der Waals surface area contributed by atoms with E-state index in [9.17, 15) is 8.78 Å². The van der Waals surface area contributed by atoms with E-state index in [-0.39, 0.29) is 17.8 Å². The van der Waals surface area contributed by atoms with Crippen molar-refractivity contribution in [2.24, 2.45) is 22.7 Å². The molecule has 0 aromatic rings. The Morgan fingerprint density at radius 2 is 1.50 bits per heavy atom. The van der Waals surface area contributed by atoms with Gasteiger partial charge in [0.25, 0.3) is 5.92 Å². The van der Waals surface area contributed by atoms with E-state index in [1.165, 1.54) is 51.4 Å². The van der Waals surface area contributed by atoms with Gasteiger partial charge in [0.05, 0.1) is 0 Å². The van der Waals surface area contributed by atoms with Gasteiger partial charge in [0.1, 0.15) is 0 Å². The highest BCUT2D eigenvalue weighted by atomic mass is 19.3. The fourth-order valence-corrected chi connectivity index (χ4v) is 6.54. The van der Waals surface area contributed by atoms with Crippen LogP contribution in [0, 0.1) is 22.7 Å². The summed E-state index contributed by atoms with van der Waals surface area (Å²) in [5.41, 5.74) is 0.879. The Hall–Kier alpha value is -0.140. The van der Waals surface area contributed by atoms with Crippen LogP contribution in [0.3, 0.4) is 0 Å². The predicted octanol–water partition coefficient (Wildman–Crippen LogP) is 7.76. The lowest BCUT2D eigenvalue weighted by molar-refractivity contribution is -0.148. The quantitative estimate of drug-likeness (QED) is 0.415. The molecule has 0 radical (unpaired) electrons. The molecule has 0 unspecified atom stereocenters. The summed E-state index contributed by atoms with van der Waals surface area (Å²) in [5.74, 6) is -2.43. The summed E-state index contributed by atoms with van der Waals surface area (Å²) in [6.07, 6.45) is 16.4. The van der Waals surface area contributed by atoms with E-state index in [1.807, 2.05) is 0 Å². The van der Waals surface area contributed by atoms with Crippen molar-refractivity contribution in [1.82, 2.24) is 0 Å². The van der Waals surface area contributed by atoms with Crippen LogP contribution in [0.5, 0.6) is 0 Å². The molecule has 2 bridgehead atoms. The van der Waals surface area contributed by atoms with Crippen molar-refractivity contribution in [1.29, 1.82) is 0 Å². The Kier molecular flexibility index (Phi) is 5.62. The van der Waals surface area contributed by atoms with Crippen molar-refractivity contribution < 1.29 is 8.78 Å². The van der Waals surface area contributed by atoms with Crippen molar-refractivity contribution in [2.75, 3.05) is 0 Å². The maximum absolute atomic E-state index is 14.8. The number of alkyl halides is 2. The van der Waals surface area contributed by atoms with E-state index in [0.29, 0.717) is 11.3 Å². The van der Waals surface area contributed by atoms with Crippen LogP contribution in [-0.4, -0.2) is 5.92 Å². The van der Waals surface area contributed by atoms with Crippen LogP contribution in [0.2, 0.25) is 0 Å². The minimum absolute atomic E-state index is 0.199. The number of rotatable bonds is 7. The zero-order valence-corrected chi connectivity index (χ0v) is 16.0. The fraction of sp³-hybridized carbons (Fsp3) is 1.00. The van der Waals surface area contributed by atoms with Crippen LogP contribution in [0.25, 0.3) is 0 Å². The van der Waals surface area contributed by atoms with Gasteiger partial charge in [0.2, 0.25) is 0 Å². The van der Waals surface area contributed by atoms with E-state index < -0.39 is 5.92 Å². The minimum atomic E-state index is -2.40. The van der Waals surface area contributed by atoms with Crippen LogP contribution in [0.15, 0.2) is 0 Å². The molecule has 0 aromatic heterocycles. The summed E-state index contributed by atoms with van der Waals surface area (Å²) in [5, 5.41) is 0. The lowest BCUT2D eigenvalue weighted by Crippen LogP contribution is -2.49. The summed E-state index contributed by atoms with van der Waals surface area (Å²) in [6, 6.07) is 0. The fourth-order valence-electron chi connectivity index (χ4n) is 6.54. The van der Waals surface area contributed by atoms with E-state index in [4.69, 9.17) is 0 Å². The van der Waals surface area contributed by atoms with Gasteiger partial charge in [-0.05, 0) is 81.0 Å². The van der Waals surface area contributed by atoms with Gasteiger partial charge in [0, 0.05) is 12.3 Å². The maximum Gasteiger partial charge on any atom is 0.251 e. The van der Waals surface area contributed by atoms with Gasteiger partial charge in [-0.3, -0.25) is 0 Å². The Labute approximate surface area is 148 Å². The van der Waals surface area contributed by atoms with Gasteiger partial charge >= 0.3 is 0 Å². The van der Waals surface area contributed by atoms with Crippen LogP contribution in [-0.2, 0) is 0 Å². The standard InChI is InChI=1S/C22H38F2/c1-3-5-6-7-18-8-9-19(17-22(18,23)24)21-14-11-20(10-4-2,12-15-21)13-16-21/h18-19H,3-17H2,1-2H3/t18-,19-,20?,21?/m0/s1. The number of fused-ring (bicyclic) bond motifs is 3. The molecular formula is C22H38F2. The SMILES string of the molecule is CCCCC[C@H]1CC[C@H](C23CCC(CCC)(CC2)CC3)CC1(F)F. The third-order valence-corrected chi connectivity index (χ3v) is 8.24. The molecule has 140 valence electrons. The Balaban J connectivity index is 1.60. The summed E-state index contributed by atoms with van der Waals surface area (Å²) in [4.78, 5) is 0. The first-order valence-electron chi connectivity index (χ1n) is 10.8. The summed E-state index contributed by atoms with van der Waals surface area (Å²) < 4.78 is 29.6. The molecule has 0 amide bonds. The highest BCUT2D eigenvalue weighted by Gasteiger charge is 2.55. The summed E-state index contributed by atoms with van der Waals surface area (Å²) >= 11 is 0. The highest BCUT2D eigenvalue weighted by molar-refractivity contribution is 5.04. The molecule has 0 saturated heterocycles. The molecule has 0 nitrogen and oxygen atoms in total. The lowest BCUT2D eigenvalue weighted by atomic mass is 9.47. The summed E-state index contributed by atoms with van der Waals surface area (Å²) in [7, 11) is 0. The van der Waals surface area contributed by atoms with Crippen molar-refractivity contribution in [3.8, 4) is 0 Å². The molecule has 0 spiro atoms. The average Bonchev–Trinajstić information content (AvgIpc) is 2.58. The van der Waals surface area contributed by atoms with Crippen LogP contribution in [0.4, 0.5) is 8.78 Å². The van der Waals surface area contributed by atoms with Gasteiger partial charge < -0.3 is 0 Å². The predicted molar refractivity (Wildman–Crippen MR) is 97.4 cm³/mol. The number of hydrogen-bond donors (Lipinski definition) is 0. The van der Waals surface area contributed by atoms with Crippen LogP contribution >= 0.6 is 0 Å². The van der Waals surface area contributed by atoms with Gasteiger partial charge in [0.15, 0.2) is 0 Å². The topological polar surface area (TPSA) is 0 Å². The second kappa shape index (κ2) is 7.23. The van der Waals surface area contributed by atoms with Gasteiger partial charge in [-0.25, -0.2) is 8.78 Å². The first kappa shape index (κ1) is 18.6. The second-order valence-corrected chi connectivity index (χ2v) is 9.54. The molecule has 0 aromatic carbocycles. The largest absolute Gasteiger partial charge is 0.251 e. The molecule has 4 saturated carbocycles. The van der Waals surface area contributed by atoms with Gasteiger partial charge in [-0.1, -0.05) is 39.5 Å². The van der Waals surface area contributed by atoms with Crippen LogP contribution in [0.1, 0.15) is 110 Å². The van der Waals surface area contributed by atoms with E-state index in [1.54, 1.807) is 0 Å². The van der Waals surface area contributed by atoms with Crippen molar-refractivity contribution >= 4 is 0 Å². The van der Waals surface area contributed by atoms with Gasteiger partial charge in [-0.15, -0.1) is 0 Å². The zero-order chi connectivity index (χ0) is 17.3. The Morgan fingerprint density at radius 1 is 0.833 bits per heavy atom. The molecule has 0 aliphatic heterocycles. The first-order chi connectivity index (χ1) is 11.5.